The van der Waals surface area contributed by atoms with Gasteiger partial charge in [-0.1, -0.05) is 41.9 Å². The van der Waals surface area contributed by atoms with Crippen molar-refractivity contribution in [1.82, 2.24) is 10.2 Å². The molecule has 4 heteroatoms. The number of likely N-dealkylation sites (N-methyl/N-ethyl adjacent to an activating group) is 1. The number of rotatable bonds is 8. The van der Waals surface area contributed by atoms with Crippen molar-refractivity contribution in [1.29, 1.82) is 0 Å². The summed E-state index contributed by atoms with van der Waals surface area (Å²) in [6, 6.07) is 8.20. The van der Waals surface area contributed by atoms with Crippen molar-refractivity contribution in [2.45, 2.75) is 32.9 Å². The van der Waals surface area contributed by atoms with Gasteiger partial charge in [-0.2, -0.15) is 0 Å². The lowest BCUT2D eigenvalue weighted by molar-refractivity contribution is 0.165. The van der Waals surface area contributed by atoms with Gasteiger partial charge in [0.2, 0.25) is 0 Å². The smallest absolute Gasteiger partial charge is 0.0914 e. The van der Waals surface area contributed by atoms with Gasteiger partial charge in [0, 0.05) is 23.6 Å². The fourth-order valence-electron chi connectivity index (χ4n) is 2.08. The van der Waals surface area contributed by atoms with Crippen molar-refractivity contribution in [3.63, 3.8) is 0 Å². The van der Waals surface area contributed by atoms with E-state index in [2.05, 4.69) is 46.9 Å². The first kappa shape index (κ1) is 16.6. The molecular weight excluding hydrogens is 304 g/mol. The normalized spacial score (nSPS) is 14.6. The summed E-state index contributed by atoms with van der Waals surface area (Å²) in [6.07, 6.45) is -0.461. The number of aliphatic hydroxyl groups excluding tert-OH is 1. The second-order valence-corrected chi connectivity index (χ2v) is 5.78. The first-order valence-electron chi connectivity index (χ1n) is 6.96. The summed E-state index contributed by atoms with van der Waals surface area (Å²) in [4.78, 5) is 2.38. The molecule has 0 heterocycles. The van der Waals surface area contributed by atoms with Gasteiger partial charge in [0.25, 0.3) is 0 Å². The van der Waals surface area contributed by atoms with Gasteiger partial charge >= 0.3 is 0 Å². The number of hydrogen-bond donors (Lipinski definition) is 2. The number of halogens is 1. The summed E-state index contributed by atoms with van der Waals surface area (Å²) < 4.78 is 1.00. The van der Waals surface area contributed by atoms with Crippen LogP contribution in [0.1, 0.15) is 32.4 Å². The second-order valence-electron chi connectivity index (χ2n) is 4.87. The zero-order valence-electron chi connectivity index (χ0n) is 12.1. The molecular formula is C15H25BrN2O. The maximum Gasteiger partial charge on any atom is 0.0914 e. The standard InChI is InChI=1S/C15H25BrN2O/c1-4-18(5-2)11-12(3)17-10-15(19)13-7-6-8-14(16)9-13/h6-9,12,15,17,19H,4-5,10-11H2,1-3H3. The molecule has 0 aromatic heterocycles. The number of hydrogen-bond acceptors (Lipinski definition) is 3. The van der Waals surface area contributed by atoms with Crippen LogP contribution in [0.4, 0.5) is 0 Å². The summed E-state index contributed by atoms with van der Waals surface area (Å²) in [5, 5.41) is 13.5. The Kier molecular flexibility index (Phi) is 7.61. The highest BCUT2D eigenvalue weighted by Crippen LogP contribution is 2.17. The van der Waals surface area contributed by atoms with E-state index in [1.54, 1.807) is 0 Å². The number of nitrogens with one attached hydrogen (secondary N) is 1. The summed E-state index contributed by atoms with van der Waals surface area (Å²) in [5.74, 6) is 0. The predicted molar refractivity (Wildman–Crippen MR) is 84.4 cm³/mol. The molecule has 19 heavy (non-hydrogen) atoms. The minimum Gasteiger partial charge on any atom is -0.387 e. The Morgan fingerprint density at radius 2 is 2.00 bits per heavy atom. The summed E-state index contributed by atoms with van der Waals surface area (Å²) in [5.41, 5.74) is 0.942. The van der Waals surface area contributed by atoms with Gasteiger partial charge in [0.1, 0.15) is 0 Å². The Bertz CT molecular complexity index is 369. The van der Waals surface area contributed by atoms with E-state index in [1.807, 2.05) is 24.3 Å². The van der Waals surface area contributed by atoms with Crippen molar-refractivity contribution < 1.29 is 5.11 Å². The molecule has 1 rings (SSSR count). The SMILES string of the molecule is CCN(CC)CC(C)NCC(O)c1cccc(Br)c1. The van der Waals surface area contributed by atoms with Gasteiger partial charge in [-0.15, -0.1) is 0 Å². The summed E-state index contributed by atoms with van der Waals surface area (Å²) in [6.45, 7) is 10.2. The zero-order valence-corrected chi connectivity index (χ0v) is 13.7. The van der Waals surface area contributed by atoms with Crippen molar-refractivity contribution in [2.24, 2.45) is 0 Å². The molecule has 0 aliphatic heterocycles. The lowest BCUT2D eigenvalue weighted by Gasteiger charge is -2.24. The first-order chi connectivity index (χ1) is 9.06. The van der Waals surface area contributed by atoms with Crippen LogP contribution in [-0.4, -0.2) is 42.2 Å². The van der Waals surface area contributed by atoms with Crippen molar-refractivity contribution in [3.8, 4) is 0 Å². The zero-order chi connectivity index (χ0) is 14.3. The minimum absolute atomic E-state index is 0.377. The molecule has 0 spiro atoms. The third-order valence-electron chi connectivity index (χ3n) is 3.32. The average molecular weight is 329 g/mol. The highest BCUT2D eigenvalue weighted by atomic mass is 79.9. The first-order valence-corrected chi connectivity index (χ1v) is 7.75. The van der Waals surface area contributed by atoms with Gasteiger partial charge in [0.15, 0.2) is 0 Å². The highest BCUT2D eigenvalue weighted by Gasteiger charge is 2.11. The Hall–Kier alpha value is -0.420. The van der Waals surface area contributed by atoms with Crippen molar-refractivity contribution in [2.75, 3.05) is 26.2 Å². The predicted octanol–water partition coefficient (Wildman–Crippen LogP) is 2.80. The second kappa shape index (κ2) is 8.69. The van der Waals surface area contributed by atoms with E-state index in [-0.39, 0.29) is 0 Å². The molecule has 2 atom stereocenters. The molecule has 3 nitrogen and oxygen atoms in total. The van der Waals surface area contributed by atoms with Crippen molar-refractivity contribution in [3.05, 3.63) is 34.3 Å². The maximum absolute atomic E-state index is 10.1. The lowest BCUT2D eigenvalue weighted by atomic mass is 10.1. The molecule has 2 N–H and O–H groups in total. The average Bonchev–Trinajstić information content (AvgIpc) is 2.42. The monoisotopic (exact) mass is 328 g/mol. The fraction of sp³-hybridized carbons (Fsp3) is 0.600. The largest absolute Gasteiger partial charge is 0.387 e. The number of benzene rings is 1. The fourth-order valence-corrected chi connectivity index (χ4v) is 2.50. The molecule has 0 saturated heterocycles. The number of aliphatic hydroxyl groups is 1. The van der Waals surface area contributed by atoms with Crippen LogP contribution in [0, 0.1) is 0 Å². The molecule has 2 unspecified atom stereocenters. The summed E-state index contributed by atoms with van der Waals surface area (Å²) >= 11 is 3.42. The lowest BCUT2D eigenvalue weighted by Crippen LogP contribution is -2.40. The van der Waals surface area contributed by atoms with E-state index in [0.717, 1.165) is 29.7 Å². The third-order valence-corrected chi connectivity index (χ3v) is 3.81. The maximum atomic E-state index is 10.1. The van der Waals surface area contributed by atoms with Gasteiger partial charge in [-0.05, 0) is 37.7 Å². The summed E-state index contributed by atoms with van der Waals surface area (Å²) in [7, 11) is 0. The van der Waals surface area contributed by atoms with E-state index < -0.39 is 6.10 Å². The highest BCUT2D eigenvalue weighted by molar-refractivity contribution is 9.10. The molecule has 1 aromatic carbocycles. The van der Waals surface area contributed by atoms with E-state index >= 15 is 0 Å². The van der Waals surface area contributed by atoms with Crippen LogP contribution >= 0.6 is 15.9 Å². The van der Waals surface area contributed by atoms with Crippen LogP contribution in [0.15, 0.2) is 28.7 Å². The number of nitrogens with zero attached hydrogens (tertiary/aromatic N) is 1. The Labute approximate surface area is 125 Å². The van der Waals surface area contributed by atoms with E-state index in [1.165, 1.54) is 0 Å². The van der Waals surface area contributed by atoms with Gasteiger partial charge in [-0.25, -0.2) is 0 Å². The molecule has 0 saturated carbocycles. The van der Waals surface area contributed by atoms with E-state index in [0.29, 0.717) is 12.6 Å². The quantitative estimate of drug-likeness (QED) is 0.770. The Balaban J connectivity index is 2.39. The van der Waals surface area contributed by atoms with E-state index in [9.17, 15) is 5.11 Å². The topological polar surface area (TPSA) is 35.5 Å². The molecule has 108 valence electrons. The van der Waals surface area contributed by atoms with Crippen LogP contribution < -0.4 is 5.32 Å². The minimum atomic E-state index is -0.461. The van der Waals surface area contributed by atoms with Crippen LogP contribution in [0.3, 0.4) is 0 Å². The van der Waals surface area contributed by atoms with Crippen LogP contribution in [-0.2, 0) is 0 Å². The molecule has 1 aromatic rings. The molecule has 0 aliphatic rings. The molecule has 0 radical (unpaired) electrons. The Morgan fingerprint density at radius 1 is 1.32 bits per heavy atom. The third kappa shape index (κ3) is 6.04. The molecule has 0 bridgehead atoms. The van der Waals surface area contributed by atoms with Crippen LogP contribution in [0.2, 0.25) is 0 Å². The van der Waals surface area contributed by atoms with Gasteiger partial charge < -0.3 is 15.3 Å². The van der Waals surface area contributed by atoms with Crippen molar-refractivity contribution >= 4 is 15.9 Å². The van der Waals surface area contributed by atoms with Gasteiger partial charge in [0.05, 0.1) is 6.10 Å². The van der Waals surface area contributed by atoms with E-state index in [4.69, 9.17) is 0 Å². The van der Waals surface area contributed by atoms with Gasteiger partial charge in [-0.3, -0.25) is 0 Å². The van der Waals surface area contributed by atoms with Crippen LogP contribution in [0.5, 0.6) is 0 Å². The van der Waals surface area contributed by atoms with Crippen LogP contribution in [0.25, 0.3) is 0 Å². The molecule has 0 amide bonds. The molecule has 0 aliphatic carbocycles. The molecule has 0 fully saturated rings. The Morgan fingerprint density at radius 3 is 2.58 bits per heavy atom.